The molecule has 0 atom stereocenters. The Balaban J connectivity index is 2.39. The van der Waals surface area contributed by atoms with Crippen molar-refractivity contribution in [3.63, 3.8) is 0 Å². The lowest BCUT2D eigenvalue weighted by Gasteiger charge is -2.17. The molecule has 0 saturated heterocycles. The van der Waals surface area contributed by atoms with Gasteiger partial charge < -0.3 is 18.9 Å². The number of carbonyl (C=O) groups excluding carboxylic acids is 1. The van der Waals surface area contributed by atoms with Gasteiger partial charge in [0.1, 0.15) is 5.75 Å². The molecule has 142 valence electrons. The van der Waals surface area contributed by atoms with Crippen molar-refractivity contribution >= 4 is 16.9 Å². The number of unbranched alkanes of at least 4 members (excludes halogenated alkanes) is 1. The molecule has 26 heavy (non-hydrogen) atoms. The molecule has 0 aliphatic rings. The molecule has 0 amide bonds. The Morgan fingerprint density at radius 3 is 2.15 bits per heavy atom. The summed E-state index contributed by atoms with van der Waals surface area (Å²) >= 11 is 0. The Kier molecular flexibility index (Phi) is 8.06. The number of ether oxygens (including phenoxy) is 4. The lowest BCUT2D eigenvalue weighted by molar-refractivity contribution is 0.0968. The first-order valence-electron chi connectivity index (χ1n) is 9.37. The fourth-order valence-electron chi connectivity index (χ4n) is 2.46. The second-order valence-corrected chi connectivity index (χ2v) is 6.00. The molecule has 0 spiro atoms. The lowest BCUT2D eigenvalue weighted by Crippen LogP contribution is -2.13. The minimum atomic E-state index is -0.716. The molecule has 0 aliphatic carbocycles. The molecule has 0 fully saturated rings. The van der Waals surface area contributed by atoms with Gasteiger partial charge in [-0.1, -0.05) is 51.5 Å². The van der Waals surface area contributed by atoms with Crippen LogP contribution in [0.4, 0.5) is 4.79 Å². The molecule has 0 aromatic heterocycles. The zero-order chi connectivity index (χ0) is 18.8. The van der Waals surface area contributed by atoms with E-state index in [2.05, 4.69) is 6.92 Å². The Bertz CT molecular complexity index is 711. The standard InChI is InChI=1S/C21H28O5/c1-4-7-14-25-21(22)26-20-17-11-9-8-10-16(17)18(23-12-5-2)15-19(20)24-13-6-3/h8-11,15H,4-7,12-14H2,1-3H3. The third-order valence-corrected chi connectivity index (χ3v) is 3.75. The van der Waals surface area contributed by atoms with E-state index in [4.69, 9.17) is 18.9 Å². The van der Waals surface area contributed by atoms with Gasteiger partial charge in [0.05, 0.1) is 19.8 Å². The molecule has 2 rings (SSSR count). The molecule has 2 aromatic carbocycles. The van der Waals surface area contributed by atoms with Crippen molar-refractivity contribution < 1.29 is 23.7 Å². The fourth-order valence-corrected chi connectivity index (χ4v) is 2.46. The van der Waals surface area contributed by atoms with Crippen molar-refractivity contribution in [1.29, 1.82) is 0 Å². The predicted molar refractivity (Wildman–Crippen MR) is 102 cm³/mol. The molecular formula is C21H28O5. The molecular weight excluding hydrogens is 332 g/mol. The van der Waals surface area contributed by atoms with Crippen molar-refractivity contribution in [3.8, 4) is 17.2 Å². The van der Waals surface area contributed by atoms with Gasteiger partial charge in [0.2, 0.25) is 0 Å². The molecule has 0 heterocycles. The molecule has 0 radical (unpaired) electrons. The van der Waals surface area contributed by atoms with Gasteiger partial charge >= 0.3 is 6.16 Å². The normalized spacial score (nSPS) is 10.6. The van der Waals surface area contributed by atoms with Crippen molar-refractivity contribution in [3.05, 3.63) is 30.3 Å². The molecule has 0 unspecified atom stereocenters. The summed E-state index contributed by atoms with van der Waals surface area (Å²) in [5, 5.41) is 1.64. The zero-order valence-corrected chi connectivity index (χ0v) is 15.9. The average Bonchev–Trinajstić information content (AvgIpc) is 2.66. The Hall–Kier alpha value is -2.43. The van der Waals surface area contributed by atoms with Crippen LogP contribution in [0.15, 0.2) is 30.3 Å². The summed E-state index contributed by atoms with van der Waals surface area (Å²) in [5.74, 6) is 1.59. The molecule has 5 nitrogen and oxygen atoms in total. The van der Waals surface area contributed by atoms with Gasteiger partial charge in [-0.05, 0) is 19.3 Å². The second kappa shape index (κ2) is 10.5. The van der Waals surface area contributed by atoms with E-state index in [1.807, 2.05) is 38.1 Å². The van der Waals surface area contributed by atoms with Gasteiger partial charge in [-0.3, -0.25) is 0 Å². The highest BCUT2D eigenvalue weighted by Gasteiger charge is 2.19. The van der Waals surface area contributed by atoms with Gasteiger partial charge in [-0.2, -0.15) is 0 Å². The monoisotopic (exact) mass is 360 g/mol. The zero-order valence-electron chi connectivity index (χ0n) is 15.9. The largest absolute Gasteiger partial charge is 0.513 e. The first-order valence-corrected chi connectivity index (χ1v) is 9.37. The quantitative estimate of drug-likeness (QED) is 0.307. The molecule has 2 aromatic rings. The summed E-state index contributed by atoms with van der Waals surface area (Å²) in [6.07, 6.45) is 2.79. The third-order valence-electron chi connectivity index (χ3n) is 3.75. The van der Waals surface area contributed by atoms with Gasteiger partial charge in [0.15, 0.2) is 11.5 Å². The highest BCUT2D eigenvalue weighted by atomic mass is 16.7. The van der Waals surface area contributed by atoms with Crippen molar-refractivity contribution in [2.75, 3.05) is 19.8 Å². The fraction of sp³-hybridized carbons (Fsp3) is 0.476. The van der Waals surface area contributed by atoms with Crippen molar-refractivity contribution in [2.45, 2.75) is 46.5 Å². The lowest BCUT2D eigenvalue weighted by atomic mass is 10.1. The number of benzene rings is 2. The van der Waals surface area contributed by atoms with E-state index in [1.54, 1.807) is 6.07 Å². The van der Waals surface area contributed by atoms with Crippen LogP contribution >= 0.6 is 0 Å². The minimum absolute atomic E-state index is 0.343. The first-order chi connectivity index (χ1) is 12.7. The molecule has 0 N–H and O–H groups in total. The van der Waals surface area contributed by atoms with E-state index in [9.17, 15) is 4.79 Å². The molecule has 5 heteroatoms. The number of hydrogen-bond donors (Lipinski definition) is 0. The van der Waals surface area contributed by atoms with Crippen molar-refractivity contribution in [1.82, 2.24) is 0 Å². The summed E-state index contributed by atoms with van der Waals surface area (Å²) in [5.41, 5.74) is 0. The number of rotatable bonds is 10. The minimum Gasteiger partial charge on any atom is -0.493 e. The van der Waals surface area contributed by atoms with E-state index in [0.717, 1.165) is 42.2 Å². The van der Waals surface area contributed by atoms with E-state index in [0.29, 0.717) is 31.3 Å². The van der Waals surface area contributed by atoms with Gasteiger partial charge in [0, 0.05) is 16.8 Å². The molecule has 0 bridgehead atoms. The van der Waals surface area contributed by atoms with Crippen molar-refractivity contribution in [2.24, 2.45) is 0 Å². The number of hydrogen-bond acceptors (Lipinski definition) is 5. The first kappa shape index (κ1) is 19.9. The van der Waals surface area contributed by atoms with Crippen LogP contribution < -0.4 is 14.2 Å². The highest BCUT2D eigenvalue weighted by molar-refractivity contribution is 5.96. The SMILES string of the molecule is CCCCOC(=O)Oc1c(OCCC)cc(OCCC)c2ccccc12. The van der Waals surface area contributed by atoms with E-state index in [1.165, 1.54) is 0 Å². The van der Waals surface area contributed by atoms with Crippen LogP contribution in [0.25, 0.3) is 10.8 Å². The van der Waals surface area contributed by atoms with Gasteiger partial charge in [0.25, 0.3) is 0 Å². The van der Waals surface area contributed by atoms with Crippen LogP contribution in [0.3, 0.4) is 0 Å². The topological polar surface area (TPSA) is 54.0 Å². The summed E-state index contributed by atoms with van der Waals surface area (Å²) in [7, 11) is 0. The van der Waals surface area contributed by atoms with Crippen LogP contribution in [-0.2, 0) is 4.74 Å². The Morgan fingerprint density at radius 1 is 0.846 bits per heavy atom. The van der Waals surface area contributed by atoms with Crippen LogP contribution in [0.1, 0.15) is 46.5 Å². The predicted octanol–water partition coefficient (Wildman–Crippen LogP) is 5.73. The van der Waals surface area contributed by atoms with Crippen LogP contribution in [0, 0.1) is 0 Å². The van der Waals surface area contributed by atoms with Gasteiger partial charge in [-0.25, -0.2) is 4.79 Å². The Morgan fingerprint density at radius 2 is 1.50 bits per heavy atom. The summed E-state index contributed by atoms with van der Waals surface area (Å²) in [6.45, 7) is 7.59. The van der Waals surface area contributed by atoms with E-state index in [-0.39, 0.29) is 0 Å². The summed E-state index contributed by atoms with van der Waals surface area (Å²) in [4.78, 5) is 12.1. The van der Waals surface area contributed by atoms with Crippen LogP contribution in [0.2, 0.25) is 0 Å². The number of fused-ring (bicyclic) bond motifs is 1. The maximum absolute atomic E-state index is 12.1. The maximum Gasteiger partial charge on any atom is 0.513 e. The average molecular weight is 360 g/mol. The molecule has 0 saturated carbocycles. The van der Waals surface area contributed by atoms with Gasteiger partial charge in [-0.15, -0.1) is 0 Å². The van der Waals surface area contributed by atoms with Crippen LogP contribution in [0.5, 0.6) is 17.2 Å². The maximum atomic E-state index is 12.1. The van der Waals surface area contributed by atoms with E-state index < -0.39 is 6.16 Å². The summed E-state index contributed by atoms with van der Waals surface area (Å²) < 4.78 is 22.4. The summed E-state index contributed by atoms with van der Waals surface area (Å²) in [6, 6.07) is 9.45. The second-order valence-electron chi connectivity index (χ2n) is 6.00. The highest BCUT2D eigenvalue weighted by Crippen LogP contribution is 2.42. The molecule has 0 aliphatic heterocycles. The Labute approximate surface area is 155 Å². The van der Waals surface area contributed by atoms with Crippen LogP contribution in [-0.4, -0.2) is 26.0 Å². The number of carbonyl (C=O) groups is 1. The third kappa shape index (κ3) is 5.28. The smallest absolute Gasteiger partial charge is 0.493 e. The van der Waals surface area contributed by atoms with E-state index >= 15 is 0 Å².